The van der Waals surface area contributed by atoms with E-state index in [1.165, 1.54) is 12.1 Å². The fourth-order valence-electron chi connectivity index (χ4n) is 3.14. The topological polar surface area (TPSA) is 37.4 Å². The standard InChI is InChI=1S/C19H24FN3O/c1-21-19-16(4-2-10-22-19)13-23(14-18-5-3-11-24-18)12-15-6-8-17(20)9-7-15/h2,4,6-10,18H,3,5,11-14H2,1H3,(H,21,22)/t18-/m1/s1. The zero-order valence-corrected chi connectivity index (χ0v) is 14.0. The summed E-state index contributed by atoms with van der Waals surface area (Å²) in [6, 6.07) is 10.8. The lowest BCUT2D eigenvalue weighted by Crippen LogP contribution is -2.31. The number of hydrogen-bond donors (Lipinski definition) is 1. The van der Waals surface area contributed by atoms with Gasteiger partial charge in [0.2, 0.25) is 0 Å². The molecular formula is C19H24FN3O. The van der Waals surface area contributed by atoms with Crippen molar-refractivity contribution in [1.82, 2.24) is 9.88 Å². The molecule has 0 spiro atoms. The monoisotopic (exact) mass is 329 g/mol. The molecule has 2 aromatic rings. The number of ether oxygens (including phenoxy) is 1. The molecule has 1 aromatic heterocycles. The number of rotatable bonds is 7. The number of anilines is 1. The summed E-state index contributed by atoms with van der Waals surface area (Å²) in [5.41, 5.74) is 2.25. The Labute approximate surface area is 142 Å². The average molecular weight is 329 g/mol. The minimum absolute atomic E-state index is 0.200. The molecule has 24 heavy (non-hydrogen) atoms. The molecule has 0 unspecified atom stereocenters. The molecule has 0 bridgehead atoms. The summed E-state index contributed by atoms with van der Waals surface area (Å²) < 4.78 is 18.9. The molecule has 1 aromatic carbocycles. The van der Waals surface area contributed by atoms with Gasteiger partial charge in [-0.2, -0.15) is 0 Å². The lowest BCUT2D eigenvalue weighted by atomic mass is 10.1. The van der Waals surface area contributed by atoms with Crippen LogP contribution < -0.4 is 5.32 Å². The number of nitrogens with zero attached hydrogens (tertiary/aromatic N) is 2. The van der Waals surface area contributed by atoms with E-state index in [9.17, 15) is 4.39 Å². The molecule has 0 amide bonds. The Morgan fingerprint density at radius 2 is 2.08 bits per heavy atom. The van der Waals surface area contributed by atoms with E-state index in [0.29, 0.717) is 0 Å². The van der Waals surface area contributed by atoms with Crippen LogP contribution in [0.1, 0.15) is 24.0 Å². The van der Waals surface area contributed by atoms with Gasteiger partial charge in [0.05, 0.1) is 6.10 Å². The van der Waals surface area contributed by atoms with Gasteiger partial charge in [0, 0.05) is 45.0 Å². The van der Waals surface area contributed by atoms with Crippen LogP contribution in [0.5, 0.6) is 0 Å². The maximum Gasteiger partial charge on any atom is 0.130 e. The van der Waals surface area contributed by atoms with Crippen molar-refractivity contribution in [3.63, 3.8) is 0 Å². The Kier molecular flexibility index (Phi) is 5.77. The zero-order chi connectivity index (χ0) is 16.8. The molecule has 3 rings (SSSR count). The van der Waals surface area contributed by atoms with Crippen LogP contribution in [0.2, 0.25) is 0 Å². The fourth-order valence-corrected chi connectivity index (χ4v) is 3.14. The van der Waals surface area contributed by atoms with Crippen LogP contribution in [0.4, 0.5) is 10.2 Å². The molecular weight excluding hydrogens is 305 g/mol. The largest absolute Gasteiger partial charge is 0.377 e. The second-order valence-electron chi connectivity index (χ2n) is 6.19. The molecule has 0 radical (unpaired) electrons. The van der Waals surface area contributed by atoms with Crippen LogP contribution in [0.25, 0.3) is 0 Å². The highest BCUT2D eigenvalue weighted by atomic mass is 19.1. The lowest BCUT2D eigenvalue weighted by Gasteiger charge is -2.26. The zero-order valence-electron chi connectivity index (χ0n) is 14.0. The van der Waals surface area contributed by atoms with Gasteiger partial charge in [-0.1, -0.05) is 18.2 Å². The van der Waals surface area contributed by atoms with Crippen LogP contribution in [0.15, 0.2) is 42.6 Å². The molecule has 1 saturated heterocycles. The van der Waals surface area contributed by atoms with Crippen molar-refractivity contribution in [2.45, 2.75) is 32.0 Å². The van der Waals surface area contributed by atoms with Crippen LogP contribution >= 0.6 is 0 Å². The molecule has 5 heteroatoms. The summed E-state index contributed by atoms with van der Waals surface area (Å²) in [7, 11) is 1.89. The minimum Gasteiger partial charge on any atom is -0.377 e. The Balaban J connectivity index is 1.74. The first kappa shape index (κ1) is 16.9. The number of pyridine rings is 1. The summed E-state index contributed by atoms with van der Waals surface area (Å²) in [4.78, 5) is 6.73. The normalized spacial score (nSPS) is 17.4. The van der Waals surface area contributed by atoms with Crippen molar-refractivity contribution in [3.05, 3.63) is 59.5 Å². The van der Waals surface area contributed by atoms with Crippen LogP contribution in [-0.2, 0) is 17.8 Å². The molecule has 2 heterocycles. The highest BCUT2D eigenvalue weighted by molar-refractivity contribution is 5.42. The molecule has 1 fully saturated rings. The van der Waals surface area contributed by atoms with Crippen molar-refractivity contribution in [2.24, 2.45) is 0 Å². The maximum atomic E-state index is 13.1. The number of aromatic nitrogens is 1. The van der Waals surface area contributed by atoms with E-state index < -0.39 is 0 Å². The van der Waals surface area contributed by atoms with Gasteiger partial charge in [-0.25, -0.2) is 9.37 Å². The Hall–Kier alpha value is -1.98. The molecule has 0 saturated carbocycles. The molecule has 1 aliphatic rings. The van der Waals surface area contributed by atoms with Crippen molar-refractivity contribution in [3.8, 4) is 0 Å². The Morgan fingerprint density at radius 1 is 1.25 bits per heavy atom. The van der Waals surface area contributed by atoms with E-state index in [2.05, 4.69) is 21.3 Å². The van der Waals surface area contributed by atoms with Gasteiger partial charge in [0.15, 0.2) is 0 Å². The fraction of sp³-hybridized carbons (Fsp3) is 0.421. The minimum atomic E-state index is -0.200. The highest BCUT2D eigenvalue weighted by Crippen LogP contribution is 2.19. The van der Waals surface area contributed by atoms with Crippen LogP contribution in [0.3, 0.4) is 0 Å². The van der Waals surface area contributed by atoms with Gasteiger partial charge in [-0.3, -0.25) is 4.90 Å². The van der Waals surface area contributed by atoms with Gasteiger partial charge >= 0.3 is 0 Å². The quantitative estimate of drug-likeness (QED) is 0.844. The second kappa shape index (κ2) is 8.22. The van der Waals surface area contributed by atoms with Gasteiger partial charge in [-0.15, -0.1) is 0 Å². The average Bonchev–Trinajstić information content (AvgIpc) is 3.10. The van der Waals surface area contributed by atoms with E-state index in [1.54, 1.807) is 6.20 Å². The second-order valence-corrected chi connectivity index (χ2v) is 6.19. The van der Waals surface area contributed by atoms with Crippen molar-refractivity contribution < 1.29 is 9.13 Å². The van der Waals surface area contributed by atoms with Gasteiger partial charge in [-0.05, 0) is 36.6 Å². The first-order chi connectivity index (χ1) is 11.7. The van der Waals surface area contributed by atoms with Gasteiger partial charge in [0.1, 0.15) is 11.6 Å². The third-order valence-electron chi connectivity index (χ3n) is 4.33. The van der Waals surface area contributed by atoms with Gasteiger partial charge in [0.25, 0.3) is 0 Å². The summed E-state index contributed by atoms with van der Waals surface area (Å²) in [6.07, 6.45) is 4.30. The third-order valence-corrected chi connectivity index (χ3v) is 4.33. The summed E-state index contributed by atoms with van der Waals surface area (Å²) >= 11 is 0. The predicted octanol–water partition coefficient (Wildman–Crippen LogP) is 3.44. The maximum absolute atomic E-state index is 13.1. The molecule has 4 nitrogen and oxygen atoms in total. The molecule has 1 atom stereocenters. The molecule has 1 N–H and O–H groups in total. The van der Waals surface area contributed by atoms with Crippen molar-refractivity contribution >= 4 is 5.82 Å². The van der Waals surface area contributed by atoms with E-state index in [1.807, 2.05) is 25.2 Å². The third kappa shape index (κ3) is 4.52. The first-order valence-corrected chi connectivity index (χ1v) is 8.44. The molecule has 0 aliphatic carbocycles. The van der Waals surface area contributed by atoms with Crippen molar-refractivity contribution in [2.75, 3.05) is 25.5 Å². The Morgan fingerprint density at radius 3 is 2.79 bits per heavy atom. The van der Waals surface area contributed by atoms with E-state index in [-0.39, 0.29) is 11.9 Å². The number of halogens is 1. The van der Waals surface area contributed by atoms with Crippen LogP contribution in [0, 0.1) is 5.82 Å². The lowest BCUT2D eigenvalue weighted by molar-refractivity contribution is 0.0679. The summed E-state index contributed by atoms with van der Waals surface area (Å²) in [5, 5.41) is 3.15. The van der Waals surface area contributed by atoms with E-state index in [4.69, 9.17) is 4.74 Å². The van der Waals surface area contributed by atoms with Gasteiger partial charge < -0.3 is 10.1 Å². The molecule has 128 valence electrons. The number of hydrogen-bond acceptors (Lipinski definition) is 4. The predicted molar refractivity (Wildman–Crippen MR) is 93.3 cm³/mol. The first-order valence-electron chi connectivity index (χ1n) is 8.44. The summed E-state index contributed by atoms with van der Waals surface area (Å²) in [5.74, 6) is 0.697. The summed E-state index contributed by atoms with van der Waals surface area (Å²) in [6.45, 7) is 3.26. The van der Waals surface area contributed by atoms with E-state index >= 15 is 0 Å². The Bertz CT molecular complexity index is 641. The highest BCUT2D eigenvalue weighted by Gasteiger charge is 2.20. The smallest absolute Gasteiger partial charge is 0.130 e. The number of benzene rings is 1. The number of nitrogens with one attached hydrogen (secondary N) is 1. The molecule has 1 aliphatic heterocycles. The van der Waals surface area contributed by atoms with E-state index in [0.717, 1.165) is 56.0 Å². The van der Waals surface area contributed by atoms with Crippen molar-refractivity contribution in [1.29, 1.82) is 0 Å². The van der Waals surface area contributed by atoms with Crippen LogP contribution in [-0.4, -0.2) is 36.2 Å². The SMILES string of the molecule is CNc1ncccc1CN(Cc1ccc(F)cc1)C[C@H]1CCCO1.